The number of benzene rings is 2. The molecule has 148 valence electrons. The Morgan fingerprint density at radius 1 is 0.893 bits per heavy atom. The highest BCUT2D eigenvalue weighted by Crippen LogP contribution is 2.17. The number of nitrogens with one attached hydrogen (secondary N) is 1. The molecule has 0 unspecified atom stereocenters. The van der Waals surface area contributed by atoms with Gasteiger partial charge in [0.25, 0.3) is 0 Å². The van der Waals surface area contributed by atoms with Crippen LogP contribution < -0.4 is 10.2 Å². The van der Waals surface area contributed by atoms with Gasteiger partial charge in [0.1, 0.15) is 5.82 Å². The first-order valence-corrected chi connectivity index (χ1v) is 9.71. The Morgan fingerprint density at radius 3 is 2.25 bits per heavy atom. The van der Waals surface area contributed by atoms with E-state index in [-0.39, 0.29) is 30.5 Å². The quantitative estimate of drug-likeness (QED) is 0.800. The van der Waals surface area contributed by atoms with Crippen molar-refractivity contribution in [3.05, 3.63) is 66.0 Å². The van der Waals surface area contributed by atoms with Gasteiger partial charge in [-0.2, -0.15) is 0 Å². The van der Waals surface area contributed by atoms with Crippen molar-refractivity contribution in [1.82, 2.24) is 10.2 Å². The van der Waals surface area contributed by atoms with E-state index >= 15 is 0 Å². The van der Waals surface area contributed by atoms with Crippen LogP contribution in [-0.2, 0) is 16.0 Å². The van der Waals surface area contributed by atoms with Crippen molar-refractivity contribution < 1.29 is 14.0 Å². The lowest BCUT2D eigenvalue weighted by molar-refractivity contribution is -0.133. The highest BCUT2D eigenvalue weighted by molar-refractivity contribution is 5.83. The molecule has 0 saturated carbocycles. The molecule has 5 nitrogen and oxygen atoms in total. The molecule has 0 spiro atoms. The number of hydrogen-bond donors (Lipinski definition) is 1. The first kappa shape index (κ1) is 19.9. The Kier molecular flexibility index (Phi) is 7.00. The van der Waals surface area contributed by atoms with E-state index in [0.717, 1.165) is 12.1 Å². The van der Waals surface area contributed by atoms with Crippen molar-refractivity contribution in [3.8, 4) is 0 Å². The summed E-state index contributed by atoms with van der Waals surface area (Å²) in [5.41, 5.74) is 2.14. The van der Waals surface area contributed by atoms with Crippen molar-refractivity contribution in [3.63, 3.8) is 0 Å². The zero-order chi connectivity index (χ0) is 19.8. The number of carbonyl (C=O) groups is 2. The number of carbonyl (C=O) groups excluding carboxylic acids is 2. The Hall–Kier alpha value is -2.89. The van der Waals surface area contributed by atoms with Crippen LogP contribution >= 0.6 is 0 Å². The molecule has 6 heteroatoms. The van der Waals surface area contributed by atoms with Crippen molar-refractivity contribution in [2.75, 3.05) is 37.6 Å². The summed E-state index contributed by atoms with van der Waals surface area (Å²) in [4.78, 5) is 28.3. The van der Waals surface area contributed by atoms with Crippen LogP contribution in [0.25, 0.3) is 0 Å². The first-order chi connectivity index (χ1) is 13.6. The maximum Gasteiger partial charge on any atom is 0.223 e. The summed E-state index contributed by atoms with van der Waals surface area (Å²) in [6.07, 6.45) is 1.23. The number of amides is 2. The van der Waals surface area contributed by atoms with Crippen LogP contribution in [0.2, 0.25) is 0 Å². The molecule has 0 radical (unpaired) electrons. The van der Waals surface area contributed by atoms with Crippen molar-refractivity contribution in [2.24, 2.45) is 0 Å². The van der Waals surface area contributed by atoms with Crippen LogP contribution in [0, 0.1) is 5.82 Å². The molecular formula is C22H26FN3O2. The van der Waals surface area contributed by atoms with Crippen molar-refractivity contribution in [1.29, 1.82) is 0 Å². The summed E-state index contributed by atoms with van der Waals surface area (Å²) in [6, 6.07) is 16.4. The lowest BCUT2D eigenvalue weighted by Gasteiger charge is -2.36. The second-order valence-corrected chi connectivity index (χ2v) is 6.93. The summed E-state index contributed by atoms with van der Waals surface area (Å²) in [5.74, 6) is -0.328. The fraction of sp³-hybridized carbons (Fsp3) is 0.364. The first-order valence-electron chi connectivity index (χ1n) is 9.71. The average Bonchev–Trinajstić information content (AvgIpc) is 2.73. The smallest absolute Gasteiger partial charge is 0.223 e. The largest absolute Gasteiger partial charge is 0.368 e. The molecule has 1 fully saturated rings. The van der Waals surface area contributed by atoms with Gasteiger partial charge >= 0.3 is 0 Å². The van der Waals surface area contributed by atoms with Gasteiger partial charge in [-0.15, -0.1) is 0 Å². The molecule has 1 aliphatic heterocycles. The van der Waals surface area contributed by atoms with E-state index in [1.165, 1.54) is 17.7 Å². The highest BCUT2D eigenvalue weighted by Gasteiger charge is 2.21. The number of rotatable bonds is 7. The van der Waals surface area contributed by atoms with Crippen LogP contribution in [0.5, 0.6) is 0 Å². The summed E-state index contributed by atoms with van der Waals surface area (Å²) >= 11 is 0. The SMILES string of the molecule is O=C(CCC(=O)N1CCN(c2ccc(F)cc2)CC1)NCCc1ccccc1. The molecule has 0 aliphatic carbocycles. The summed E-state index contributed by atoms with van der Waals surface area (Å²) in [5, 5.41) is 2.87. The Bertz CT molecular complexity index is 772. The third kappa shape index (κ3) is 5.81. The lowest BCUT2D eigenvalue weighted by Crippen LogP contribution is -2.49. The van der Waals surface area contributed by atoms with Crippen LogP contribution in [0.1, 0.15) is 18.4 Å². The molecule has 0 bridgehead atoms. The molecule has 2 aromatic rings. The monoisotopic (exact) mass is 383 g/mol. The molecule has 2 aromatic carbocycles. The molecule has 3 rings (SSSR count). The van der Waals surface area contributed by atoms with Crippen LogP contribution in [0.15, 0.2) is 54.6 Å². The number of halogens is 1. The van der Waals surface area contributed by atoms with E-state index < -0.39 is 0 Å². The van der Waals surface area contributed by atoms with Gasteiger partial charge < -0.3 is 15.1 Å². The second kappa shape index (κ2) is 9.88. The maximum atomic E-state index is 13.0. The van der Waals surface area contributed by atoms with Crippen molar-refractivity contribution in [2.45, 2.75) is 19.3 Å². The maximum absolute atomic E-state index is 13.0. The summed E-state index contributed by atoms with van der Waals surface area (Å²) in [6.45, 7) is 3.23. The van der Waals surface area contributed by atoms with Gasteiger partial charge in [-0.1, -0.05) is 30.3 Å². The minimum atomic E-state index is -0.250. The molecule has 1 aliphatic rings. The van der Waals surface area contributed by atoms with Crippen molar-refractivity contribution >= 4 is 17.5 Å². The molecule has 1 N–H and O–H groups in total. The van der Waals surface area contributed by atoms with Gasteiger partial charge in [-0.05, 0) is 36.2 Å². The highest BCUT2D eigenvalue weighted by atomic mass is 19.1. The fourth-order valence-corrected chi connectivity index (χ4v) is 3.32. The summed E-state index contributed by atoms with van der Waals surface area (Å²) in [7, 11) is 0. The van der Waals surface area contributed by atoms with E-state index in [1.807, 2.05) is 30.3 Å². The zero-order valence-electron chi connectivity index (χ0n) is 15.9. The van der Waals surface area contributed by atoms with Gasteiger partial charge in [-0.25, -0.2) is 4.39 Å². The van der Waals surface area contributed by atoms with Gasteiger partial charge in [0, 0.05) is 51.3 Å². The van der Waals surface area contributed by atoms with E-state index in [0.29, 0.717) is 32.7 Å². The normalized spacial score (nSPS) is 14.0. The molecule has 0 aromatic heterocycles. The Morgan fingerprint density at radius 2 is 1.57 bits per heavy atom. The molecule has 0 atom stereocenters. The minimum absolute atomic E-state index is 0.0111. The number of hydrogen-bond acceptors (Lipinski definition) is 3. The number of nitrogens with zero attached hydrogens (tertiary/aromatic N) is 2. The second-order valence-electron chi connectivity index (χ2n) is 6.93. The fourth-order valence-electron chi connectivity index (χ4n) is 3.32. The lowest BCUT2D eigenvalue weighted by atomic mass is 10.1. The van der Waals surface area contributed by atoms with Gasteiger partial charge in [0.05, 0.1) is 0 Å². The van der Waals surface area contributed by atoms with Gasteiger partial charge in [-0.3, -0.25) is 9.59 Å². The average molecular weight is 383 g/mol. The van der Waals surface area contributed by atoms with Crippen LogP contribution in [0.4, 0.5) is 10.1 Å². The van der Waals surface area contributed by atoms with Gasteiger partial charge in [0.15, 0.2) is 0 Å². The van der Waals surface area contributed by atoms with E-state index in [2.05, 4.69) is 10.2 Å². The van der Waals surface area contributed by atoms with E-state index in [9.17, 15) is 14.0 Å². The standard InChI is InChI=1S/C22H26FN3O2/c23-19-6-8-20(9-7-19)25-14-16-26(17-15-25)22(28)11-10-21(27)24-13-12-18-4-2-1-3-5-18/h1-9H,10-17H2,(H,24,27). The minimum Gasteiger partial charge on any atom is -0.368 e. The molecule has 28 heavy (non-hydrogen) atoms. The van der Waals surface area contributed by atoms with Crippen LogP contribution in [0.3, 0.4) is 0 Å². The van der Waals surface area contributed by atoms with Gasteiger partial charge in [0.2, 0.25) is 11.8 Å². The number of anilines is 1. The third-order valence-corrected chi connectivity index (χ3v) is 4.97. The number of piperazine rings is 1. The Balaban J connectivity index is 1.34. The topological polar surface area (TPSA) is 52.7 Å². The molecule has 1 heterocycles. The van der Waals surface area contributed by atoms with E-state index in [4.69, 9.17) is 0 Å². The van der Waals surface area contributed by atoms with E-state index in [1.54, 1.807) is 17.0 Å². The summed E-state index contributed by atoms with van der Waals surface area (Å²) < 4.78 is 13.0. The predicted molar refractivity (Wildman–Crippen MR) is 108 cm³/mol. The van der Waals surface area contributed by atoms with Crippen LogP contribution in [-0.4, -0.2) is 49.4 Å². The molecule has 1 saturated heterocycles. The predicted octanol–water partition coefficient (Wildman–Crippen LogP) is 2.61. The molecular weight excluding hydrogens is 357 g/mol. The zero-order valence-corrected chi connectivity index (χ0v) is 15.9. The third-order valence-electron chi connectivity index (χ3n) is 4.97. The Labute approximate surface area is 165 Å². The molecule has 2 amide bonds.